The Bertz CT molecular complexity index is 931. The van der Waals surface area contributed by atoms with Crippen LogP contribution < -0.4 is 14.4 Å². The molecule has 0 bridgehead atoms. The van der Waals surface area contributed by atoms with Gasteiger partial charge < -0.3 is 14.4 Å². The largest absolute Gasteiger partial charge is 0.497 e. The quantitative estimate of drug-likeness (QED) is 0.752. The van der Waals surface area contributed by atoms with Crippen molar-refractivity contribution in [3.8, 4) is 11.5 Å². The van der Waals surface area contributed by atoms with E-state index < -0.39 is 15.8 Å². The van der Waals surface area contributed by atoms with Gasteiger partial charge in [-0.3, -0.25) is 0 Å². The Labute approximate surface area is 163 Å². The molecule has 1 aliphatic heterocycles. The average Bonchev–Trinajstić information content (AvgIpc) is 2.67. The van der Waals surface area contributed by atoms with E-state index in [0.29, 0.717) is 24.6 Å². The van der Waals surface area contributed by atoms with Gasteiger partial charge in [-0.25, -0.2) is 12.8 Å². The van der Waals surface area contributed by atoms with Crippen molar-refractivity contribution in [2.75, 3.05) is 45.3 Å². The first-order valence-electron chi connectivity index (χ1n) is 8.29. The molecular formula is C18H20ClFN2O4S. The van der Waals surface area contributed by atoms with E-state index in [1.807, 2.05) is 12.1 Å². The summed E-state index contributed by atoms with van der Waals surface area (Å²) >= 11 is 5.94. The van der Waals surface area contributed by atoms with E-state index in [9.17, 15) is 12.8 Å². The maximum Gasteiger partial charge on any atom is 0.244 e. The lowest BCUT2D eigenvalue weighted by atomic mass is 10.2. The van der Waals surface area contributed by atoms with E-state index in [2.05, 4.69) is 4.90 Å². The van der Waals surface area contributed by atoms with Crippen LogP contribution in [0.15, 0.2) is 41.3 Å². The fraction of sp³-hybridized carbons (Fsp3) is 0.333. The van der Waals surface area contributed by atoms with Crippen LogP contribution in [-0.2, 0) is 10.0 Å². The summed E-state index contributed by atoms with van der Waals surface area (Å²) in [5.41, 5.74) is 0.871. The highest BCUT2D eigenvalue weighted by atomic mass is 35.5. The first-order valence-corrected chi connectivity index (χ1v) is 10.1. The molecule has 0 saturated carbocycles. The predicted molar refractivity (Wildman–Crippen MR) is 102 cm³/mol. The minimum atomic E-state index is -3.78. The average molecular weight is 415 g/mol. The lowest BCUT2D eigenvalue weighted by Gasteiger charge is -2.36. The van der Waals surface area contributed by atoms with Crippen LogP contribution in [0.5, 0.6) is 11.5 Å². The summed E-state index contributed by atoms with van der Waals surface area (Å²) in [7, 11) is -0.624. The van der Waals surface area contributed by atoms with Crippen molar-refractivity contribution in [1.82, 2.24) is 4.31 Å². The highest BCUT2D eigenvalue weighted by molar-refractivity contribution is 7.89. The molecule has 0 radical (unpaired) electrons. The number of benzene rings is 2. The Kier molecular flexibility index (Phi) is 5.78. The van der Waals surface area contributed by atoms with Crippen LogP contribution in [0.2, 0.25) is 5.02 Å². The van der Waals surface area contributed by atoms with Crippen molar-refractivity contribution in [3.05, 3.63) is 47.2 Å². The molecule has 1 saturated heterocycles. The third-order valence-electron chi connectivity index (χ3n) is 4.48. The summed E-state index contributed by atoms with van der Waals surface area (Å²) in [6, 6.07) is 8.81. The van der Waals surface area contributed by atoms with Gasteiger partial charge in [0.05, 0.1) is 24.9 Å². The topological polar surface area (TPSA) is 59.1 Å². The third kappa shape index (κ3) is 3.97. The molecular weight excluding hydrogens is 395 g/mol. The summed E-state index contributed by atoms with van der Waals surface area (Å²) in [6.07, 6.45) is 0. The molecule has 0 atom stereocenters. The normalized spacial score (nSPS) is 15.6. The minimum Gasteiger partial charge on any atom is -0.497 e. The van der Waals surface area contributed by atoms with Gasteiger partial charge in [-0.2, -0.15) is 4.31 Å². The highest BCUT2D eigenvalue weighted by Crippen LogP contribution is 2.33. The first-order chi connectivity index (χ1) is 12.9. The summed E-state index contributed by atoms with van der Waals surface area (Å²) in [5.74, 6) is 0.769. The van der Waals surface area contributed by atoms with Crippen molar-refractivity contribution >= 4 is 27.3 Å². The van der Waals surface area contributed by atoms with Gasteiger partial charge in [-0.05, 0) is 30.3 Å². The molecule has 0 aliphatic carbocycles. The van der Waals surface area contributed by atoms with Crippen molar-refractivity contribution < 1.29 is 22.3 Å². The fourth-order valence-corrected chi connectivity index (χ4v) is 4.97. The van der Waals surface area contributed by atoms with Gasteiger partial charge in [0.15, 0.2) is 0 Å². The van der Waals surface area contributed by atoms with Crippen LogP contribution in [0.1, 0.15) is 0 Å². The summed E-state index contributed by atoms with van der Waals surface area (Å²) in [4.78, 5) is 1.97. The zero-order valence-corrected chi connectivity index (χ0v) is 16.6. The molecule has 27 heavy (non-hydrogen) atoms. The zero-order chi connectivity index (χ0) is 19.6. The molecule has 0 N–H and O–H groups in total. The molecule has 146 valence electrons. The van der Waals surface area contributed by atoms with E-state index in [0.717, 1.165) is 17.8 Å². The molecule has 0 spiro atoms. The highest BCUT2D eigenvalue weighted by Gasteiger charge is 2.31. The number of piperazine rings is 1. The van der Waals surface area contributed by atoms with E-state index in [1.54, 1.807) is 20.3 Å². The molecule has 3 rings (SSSR count). The Morgan fingerprint density at radius 1 is 1.00 bits per heavy atom. The van der Waals surface area contributed by atoms with Crippen LogP contribution in [0, 0.1) is 5.82 Å². The Morgan fingerprint density at radius 3 is 2.30 bits per heavy atom. The number of halogens is 2. The van der Waals surface area contributed by atoms with Gasteiger partial charge in [0.1, 0.15) is 22.2 Å². The predicted octanol–water partition coefficient (Wildman–Crippen LogP) is 3.01. The van der Waals surface area contributed by atoms with Gasteiger partial charge >= 0.3 is 0 Å². The zero-order valence-electron chi connectivity index (χ0n) is 15.0. The smallest absolute Gasteiger partial charge is 0.244 e. The molecule has 1 aliphatic rings. The Hall–Kier alpha value is -2.03. The summed E-state index contributed by atoms with van der Waals surface area (Å²) < 4.78 is 50.9. The molecule has 1 fully saturated rings. The maximum atomic E-state index is 13.2. The van der Waals surface area contributed by atoms with Gasteiger partial charge in [0.25, 0.3) is 0 Å². The molecule has 0 unspecified atom stereocenters. The summed E-state index contributed by atoms with van der Waals surface area (Å²) in [5, 5.41) is -0.116. The van der Waals surface area contributed by atoms with Crippen LogP contribution in [0.25, 0.3) is 0 Å². The van der Waals surface area contributed by atoms with Crippen LogP contribution >= 0.6 is 11.6 Å². The van der Waals surface area contributed by atoms with Gasteiger partial charge in [-0.1, -0.05) is 11.6 Å². The Morgan fingerprint density at radius 2 is 1.70 bits per heavy atom. The minimum absolute atomic E-state index is 0.0824. The number of ether oxygens (including phenoxy) is 2. The van der Waals surface area contributed by atoms with Gasteiger partial charge in [-0.15, -0.1) is 0 Å². The molecule has 2 aromatic rings. The third-order valence-corrected chi connectivity index (χ3v) is 6.86. The first kappa shape index (κ1) is 19.7. The summed E-state index contributed by atoms with van der Waals surface area (Å²) in [6.45, 7) is 1.54. The van der Waals surface area contributed by atoms with Crippen LogP contribution in [0.4, 0.5) is 10.1 Å². The van der Waals surface area contributed by atoms with Crippen molar-refractivity contribution in [2.24, 2.45) is 0 Å². The van der Waals surface area contributed by atoms with E-state index in [-0.39, 0.29) is 23.0 Å². The molecule has 0 amide bonds. The second kappa shape index (κ2) is 7.92. The number of nitrogens with zero attached hydrogens (tertiary/aromatic N) is 2. The SMILES string of the molecule is COc1ccc(N2CCN(S(=O)(=O)c3ccc(F)cc3Cl)CC2)c(OC)c1. The number of methoxy groups -OCH3 is 2. The van der Waals surface area contributed by atoms with Crippen molar-refractivity contribution in [2.45, 2.75) is 4.90 Å². The fourth-order valence-electron chi connectivity index (χ4n) is 3.04. The van der Waals surface area contributed by atoms with E-state index in [1.165, 1.54) is 10.4 Å². The van der Waals surface area contributed by atoms with Crippen molar-refractivity contribution in [1.29, 1.82) is 0 Å². The van der Waals surface area contributed by atoms with Crippen LogP contribution in [0.3, 0.4) is 0 Å². The van der Waals surface area contributed by atoms with E-state index >= 15 is 0 Å². The van der Waals surface area contributed by atoms with Crippen LogP contribution in [-0.4, -0.2) is 53.1 Å². The molecule has 6 nitrogen and oxygen atoms in total. The molecule has 9 heteroatoms. The van der Waals surface area contributed by atoms with E-state index in [4.69, 9.17) is 21.1 Å². The van der Waals surface area contributed by atoms with Gasteiger partial charge in [0.2, 0.25) is 10.0 Å². The van der Waals surface area contributed by atoms with Crippen molar-refractivity contribution in [3.63, 3.8) is 0 Å². The molecule has 1 heterocycles. The number of rotatable bonds is 5. The lowest BCUT2D eigenvalue weighted by Crippen LogP contribution is -2.48. The molecule has 0 aromatic heterocycles. The lowest BCUT2D eigenvalue weighted by molar-refractivity contribution is 0.375. The number of hydrogen-bond acceptors (Lipinski definition) is 5. The van der Waals surface area contributed by atoms with Gasteiger partial charge in [0, 0.05) is 32.2 Å². The monoisotopic (exact) mass is 414 g/mol. The second-order valence-corrected chi connectivity index (χ2v) is 8.32. The number of hydrogen-bond donors (Lipinski definition) is 0. The second-order valence-electron chi connectivity index (χ2n) is 6.00. The Balaban J connectivity index is 1.77. The number of anilines is 1. The number of sulfonamides is 1. The standard InChI is InChI=1S/C18H20ClFN2O4S/c1-25-14-4-5-16(17(12-14)26-2)21-7-9-22(10-8-21)27(23,24)18-6-3-13(20)11-15(18)19/h3-6,11-12H,7-10H2,1-2H3. The molecule has 2 aromatic carbocycles. The maximum absolute atomic E-state index is 13.2.